The summed E-state index contributed by atoms with van der Waals surface area (Å²) in [5, 5.41) is 7.61. The number of anilines is 3. The van der Waals surface area contributed by atoms with Crippen LogP contribution in [-0.4, -0.2) is 26.9 Å². The number of fused-ring (bicyclic) bond motifs is 1. The Morgan fingerprint density at radius 1 is 1.03 bits per heavy atom. The number of nitrogens with zero attached hydrogens (tertiary/aromatic N) is 3. The van der Waals surface area contributed by atoms with Crippen molar-refractivity contribution >= 4 is 44.4 Å². The lowest BCUT2D eigenvalue weighted by molar-refractivity contribution is -0.122. The number of aromatic nitrogens is 3. The van der Waals surface area contributed by atoms with Crippen molar-refractivity contribution in [3.63, 3.8) is 0 Å². The lowest BCUT2D eigenvalue weighted by atomic mass is 9.84. The average Bonchev–Trinajstić information content (AvgIpc) is 3.26. The zero-order valence-electron chi connectivity index (χ0n) is 19.8. The van der Waals surface area contributed by atoms with Crippen LogP contribution >= 0.6 is 11.3 Å². The van der Waals surface area contributed by atoms with Gasteiger partial charge in [-0.2, -0.15) is 4.98 Å². The molecule has 180 valence electrons. The van der Waals surface area contributed by atoms with Gasteiger partial charge in [-0.15, -0.1) is 0 Å². The molecule has 2 aromatic heterocycles. The molecule has 0 saturated heterocycles. The van der Waals surface area contributed by atoms with Crippen LogP contribution in [0.5, 0.6) is 0 Å². The minimum Gasteiger partial charge on any atom is -0.369 e. The summed E-state index contributed by atoms with van der Waals surface area (Å²) < 4.78 is 1.15. The van der Waals surface area contributed by atoms with Crippen molar-refractivity contribution in [2.24, 2.45) is 11.7 Å². The van der Waals surface area contributed by atoms with E-state index >= 15 is 0 Å². The molecule has 4 aromatic rings. The summed E-state index contributed by atoms with van der Waals surface area (Å²) >= 11 is 1.61. The van der Waals surface area contributed by atoms with E-state index in [1.54, 1.807) is 11.3 Å². The molecule has 0 radical (unpaired) electrons. The van der Waals surface area contributed by atoms with E-state index in [-0.39, 0.29) is 17.9 Å². The first kappa shape index (κ1) is 23.2. The van der Waals surface area contributed by atoms with Crippen molar-refractivity contribution in [2.45, 2.75) is 51.5 Å². The molecule has 35 heavy (non-hydrogen) atoms. The summed E-state index contributed by atoms with van der Waals surface area (Å²) in [5.41, 5.74) is 10.0. The molecule has 2 aromatic carbocycles. The fraction of sp³-hybridized carbons (Fsp3) is 0.333. The van der Waals surface area contributed by atoms with Crippen LogP contribution in [0.15, 0.2) is 54.6 Å². The zero-order valence-corrected chi connectivity index (χ0v) is 20.6. The number of nitrogens with two attached hydrogens (primary N) is 1. The van der Waals surface area contributed by atoms with E-state index in [2.05, 4.69) is 47.9 Å². The second-order valence-electron chi connectivity index (χ2n) is 9.07. The normalized spacial score (nSPS) is 17.9. The molecule has 8 heteroatoms. The summed E-state index contributed by atoms with van der Waals surface area (Å²) in [4.78, 5) is 26.3. The van der Waals surface area contributed by atoms with Gasteiger partial charge in [-0.3, -0.25) is 4.79 Å². The van der Waals surface area contributed by atoms with Crippen LogP contribution < -0.4 is 16.4 Å². The second kappa shape index (κ2) is 10.4. The smallest absolute Gasteiger partial charge is 0.225 e. The van der Waals surface area contributed by atoms with Crippen molar-refractivity contribution in [2.75, 3.05) is 10.6 Å². The highest BCUT2D eigenvalue weighted by atomic mass is 32.1. The average molecular weight is 487 g/mol. The van der Waals surface area contributed by atoms with Gasteiger partial charge < -0.3 is 16.4 Å². The van der Waals surface area contributed by atoms with Gasteiger partial charge in [-0.25, -0.2) is 9.97 Å². The standard InChI is InChI=1S/C27H30N6OS/c1-2-17-12-13-22-23(15-17)35-27(31-22)33-24-16-19(14-18-8-4-3-5-9-18)29-26(32-24)30-21-11-7-6-10-20(21)25(28)34/h3-5,8-9,12-13,15-16,20-21H,2,6-7,10-11,14H2,1H3,(H2,28,34)(H2,29,30,31,32,33)/t20-,21+/m0/s1. The summed E-state index contributed by atoms with van der Waals surface area (Å²) in [7, 11) is 0. The number of benzene rings is 2. The van der Waals surface area contributed by atoms with Crippen molar-refractivity contribution in [3.8, 4) is 0 Å². The van der Waals surface area contributed by atoms with Crippen molar-refractivity contribution in [1.82, 2.24) is 15.0 Å². The van der Waals surface area contributed by atoms with Crippen molar-refractivity contribution in [3.05, 3.63) is 71.4 Å². The number of hydrogen-bond donors (Lipinski definition) is 3. The quantitative estimate of drug-likeness (QED) is 0.306. The maximum absolute atomic E-state index is 12.0. The van der Waals surface area contributed by atoms with E-state index in [4.69, 9.17) is 20.7 Å². The fourth-order valence-electron chi connectivity index (χ4n) is 4.68. The molecule has 2 heterocycles. The number of hydrogen-bond acceptors (Lipinski definition) is 7. The van der Waals surface area contributed by atoms with Gasteiger partial charge >= 0.3 is 0 Å². The molecule has 0 bridgehead atoms. The summed E-state index contributed by atoms with van der Waals surface area (Å²) in [6.45, 7) is 2.15. The molecule has 4 N–H and O–H groups in total. The van der Waals surface area contributed by atoms with Crippen LogP contribution in [0.1, 0.15) is 49.4 Å². The molecule has 2 atom stereocenters. The Hall–Kier alpha value is -3.52. The first-order valence-electron chi connectivity index (χ1n) is 12.2. The Morgan fingerprint density at radius 2 is 1.86 bits per heavy atom. The van der Waals surface area contributed by atoms with Gasteiger partial charge in [0.1, 0.15) is 5.82 Å². The molecule has 1 fully saturated rings. The van der Waals surface area contributed by atoms with Gasteiger partial charge in [0, 0.05) is 18.5 Å². The number of rotatable bonds is 8. The predicted octanol–water partition coefficient (Wildman–Crippen LogP) is 5.44. The van der Waals surface area contributed by atoms with Crippen LogP contribution in [0.4, 0.5) is 16.9 Å². The van der Waals surface area contributed by atoms with Gasteiger partial charge in [0.2, 0.25) is 11.9 Å². The largest absolute Gasteiger partial charge is 0.369 e. The molecule has 0 aliphatic heterocycles. The van der Waals surface area contributed by atoms with Gasteiger partial charge in [0.05, 0.1) is 21.8 Å². The lowest BCUT2D eigenvalue weighted by Crippen LogP contribution is -2.40. The van der Waals surface area contributed by atoms with Crippen LogP contribution in [0.2, 0.25) is 0 Å². The number of primary amides is 1. The number of carbonyl (C=O) groups excluding carboxylic acids is 1. The monoisotopic (exact) mass is 486 g/mol. The number of nitrogens with one attached hydrogen (secondary N) is 2. The lowest BCUT2D eigenvalue weighted by Gasteiger charge is -2.30. The van der Waals surface area contributed by atoms with Crippen LogP contribution in [-0.2, 0) is 17.6 Å². The highest BCUT2D eigenvalue weighted by molar-refractivity contribution is 7.22. The third-order valence-corrected chi connectivity index (χ3v) is 7.48. The molecular formula is C27H30N6OS. The molecule has 7 nitrogen and oxygen atoms in total. The van der Waals surface area contributed by atoms with E-state index in [1.807, 2.05) is 24.3 Å². The molecule has 1 saturated carbocycles. The Kier molecular flexibility index (Phi) is 6.90. The van der Waals surface area contributed by atoms with Crippen molar-refractivity contribution < 1.29 is 4.79 Å². The number of thiazole rings is 1. The summed E-state index contributed by atoms with van der Waals surface area (Å²) in [6, 6.07) is 18.5. The van der Waals surface area contributed by atoms with Crippen LogP contribution in [0.3, 0.4) is 0 Å². The number of carbonyl (C=O) groups is 1. The third-order valence-electron chi connectivity index (χ3n) is 6.55. The highest BCUT2D eigenvalue weighted by Gasteiger charge is 2.30. The molecule has 1 aliphatic carbocycles. The zero-order chi connectivity index (χ0) is 24.2. The Balaban J connectivity index is 1.45. The van der Waals surface area contributed by atoms with Gasteiger partial charge in [0.25, 0.3) is 0 Å². The Morgan fingerprint density at radius 3 is 2.66 bits per heavy atom. The Bertz CT molecular complexity index is 1320. The fourth-order valence-corrected chi connectivity index (χ4v) is 5.62. The maximum atomic E-state index is 12.0. The molecular weight excluding hydrogens is 456 g/mol. The third kappa shape index (κ3) is 5.59. The van der Waals surface area contributed by atoms with E-state index in [9.17, 15) is 4.79 Å². The van der Waals surface area contributed by atoms with Crippen LogP contribution in [0, 0.1) is 5.92 Å². The van der Waals surface area contributed by atoms with E-state index < -0.39 is 0 Å². The van der Waals surface area contributed by atoms with Gasteiger partial charge in [-0.05, 0) is 42.5 Å². The molecule has 1 aliphatic rings. The SMILES string of the molecule is CCc1ccc2nc(Nc3cc(Cc4ccccc4)nc(N[C@@H]4CCCC[C@@H]4C(N)=O)n3)sc2c1. The molecule has 0 spiro atoms. The van der Waals surface area contributed by atoms with E-state index in [1.165, 1.54) is 11.1 Å². The summed E-state index contributed by atoms with van der Waals surface area (Å²) in [6.07, 6.45) is 5.42. The van der Waals surface area contributed by atoms with Gasteiger partial charge in [0.15, 0.2) is 5.13 Å². The van der Waals surface area contributed by atoms with Crippen molar-refractivity contribution in [1.29, 1.82) is 0 Å². The highest BCUT2D eigenvalue weighted by Crippen LogP contribution is 2.30. The first-order valence-corrected chi connectivity index (χ1v) is 13.0. The summed E-state index contributed by atoms with van der Waals surface area (Å²) in [5.74, 6) is 0.712. The van der Waals surface area contributed by atoms with Gasteiger partial charge in [-0.1, -0.05) is 67.5 Å². The van der Waals surface area contributed by atoms with E-state index in [0.717, 1.165) is 53.1 Å². The molecule has 0 unspecified atom stereocenters. The minimum atomic E-state index is -0.262. The maximum Gasteiger partial charge on any atom is 0.225 e. The molecule has 5 rings (SSSR count). The second-order valence-corrected chi connectivity index (χ2v) is 10.1. The van der Waals surface area contributed by atoms with E-state index in [0.29, 0.717) is 18.2 Å². The van der Waals surface area contributed by atoms with Crippen LogP contribution in [0.25, 0.3) is 10.2 Å². The number of amides is 1. The topological polar surface area (TPSA) is 106 Å². The predicted molar refractivity (Wildman–Crippen MR) is 142 cm³/mol. The number of aryl methyl sites for hydroxylation is 1. The Labute approximate surface area is 209 Å². The minimum absolute atomic E-state index is 0.0593. The molecule has 1 amide bonds. The first-order chi connectivity index (χ1) is 17.1.